The van der Waals surface area contributed by atoms with Gasteiger partial charge in [0.1, 0.15) is 0 Å². The van der Waals surface area contributed by atoms with Crippen molar-refractivity contribution in [3.05, 3.63) is 56.7 Å². The molecule has 1 atom stereocenters. The molecule has 2 aromatic carbocycles. The van der Waals surface area contributed by atoms with Crippen LogP contribution in [0, 0.1) is 3.57 Å². The zero-order valence-corrected chi connectivity index (χ0v) is 15.4. The number of hydrogen-bond acceptors (Lipinski definition) is 4. The van der Waals surface area contributed by atoms with Gasteiger partial charge in [-0.2, -0.15) is 5.10 Å². The van der Waals surface area contributed by atoms with E-state index in [1.807, 2.05) is 36.4 Å². The van der Waals surface area contributed by atoms with Crippen LogP contribution < -0.4 is 9.47 Å². The van der Waals surface area contributed by atoms with E-state index in [9.17, 15) is 4.79 Å². The molecule has 5 nitrogen and oxygen atoms in total. The highest BCUT2D eigenvalue weighted by molar-refractivity contribution is 14.1. The molecule has 0 aliphatic carbocycles. The highest BCUT2D eigenvalue weighted by atomic mass is 127. The first-order chi connectivity index (χ1) is 11.6. The quantitative estimate of drug-likeness (QED) is 0.694. The molecule has 0 fully saturated rings. The molecule has 0 unspecified atom stereocenters. The third-order valence-electron chi connectivity index (χ3n) is 4.45. The number of carbonyl (C=O) groups is 1. The number of halogens is 1. The normalized spacial score (nSPS) is 18.3. The highest BCUT2D eigenvalue weighted by Crippen LogP contribution is 2.47. The predicted molar refractivity (Wildman–Crippen MR) is 98.8 cm³/mol. The van der Waals surface area contributed by atoms with Crippen molar-refractivity contribution >= 4 is 34.2 Å². The van der Waals surface area contributed by atoms with Crippen molar-refractivity contribution < 1.29 is 14.3 Å². The molecule has 2 heterocycles. The van der Waals surface area contributed by atoms with Crippen LogP contribution in [-0.2, 0) is 0 Å². The van der Waals surface area contributed by atoms with Crippen LogP contribution in [-0.4, -0.2) is 30.8 Å². The van der Waals surface area contributed by atoms with E-state index in [0.717, 1.165) is 16.8 Å². The molecule has 0 spiro atoms. The molecule has 0 bridgehead atoms. The molecular weight excluding hydrogens is 419 g/mol. The van der Waals surface area contributed by atoms with Crippen LogP contribution in [0.25, 0.3) is 0 Å². The van der Waals surface area contributed by atoms with Gasteiger partial charge in [0.05, 0.1) is 31.5 Å². The maximum absolute atomic E-state index is 12.8. The number of rotatable bonds is 3. The van der Waals surface area contributed by atoms with Crippen LogP contribution in [0.5, 0.6) is 11.5 Å². The lowest BCUT2D eigenvalue weighted by Crippen LogP contribution is -2.18. The number of fused-ring (bicyclic) bond motifs is 3. The second-order valence-corrected chi connectivity index (χ2v) is 6.93. The van der Waals surface area contributed by atoms with Crippen molar-refractivity contribution in [2.45, 2.75) is 12.5 Å². The molecule has 4 rings (SSSR count). The van der Waals surface area contributed by atoms with Crippen LogP contribution >= 0.6 is 22.6 Å². The van der Waals surface area contributed by atoms with E-state index in [-0.39, 0.29) is 11.9 Å². The maximum atomic E-state index is 12.8. The van der Waals surface area contributed by atoms with Gasteiger partial charge >= 0.3 is 0 Å². The Morgan fingerprint density at radius 3 is 2.54 bits per heavy atom. The molecule has 0 saturated carbocycles. The predicted octanol–water partition coefficient (Wildman–Crippen LogP) is 3.61. The molecule has 122 valence electrons. The van der Waals surface area contributed by atoms with Gasteiger partial charge in [0.25, 0.3) is 5.91 Å². The summed E-state index contributed by atoms with van der Waals surface area (Å²) in [6.45, 7) is 0. The average Bonchev–Trinajstić information content (AvgIpc) is 3.14. The van der Waals surface area contributed by atoms with E-state index < -0.39 is 0 Å². The topological polar surface area (TPSA) is 51.1 Å². The summed E-state index contributed by atoms with van der Waals surface area (Å²) in [6.07, 6.45) is 0.703. The first-order valence-corrected chi connectivity index (χ1v) is 8.63. The van der Waals surface area contributed by atoms with Gasteiger partial charge in [-0.1, -0.05) is 18.2 Å². The van der Waals surface area contributed by atoms with Crippen molar-refractivity contribution in [2.24, 2.45) is 5.10 Å². The summed E-state index contributed by atoms with van der Waals surface area (Å²) >= 11 is 2.27. The van der Waals surface area contributed by atoms with E-state index in [4.69, 9.17) is 9.47 Å². The first kappa shape index (κ1) is 15.4. The van der Waals surface area contributed by atoms with Gasteiger partial charge in [-0.3, -0.25) is 4.79 Å². The fourth-order valence-corrected chi connectivity index (χ4v) is 3.67. The van der Waals surface area contributed by atoms with Gasteiger partial charge in [-0.15, -0.1) is 0 Å². The summed E-state index contributed by atoms with van der Waals surface area (Å²) in [4.78, 5) is 12.8. The van der Waals surface area contributed by atoms with Crippen LogP contribution in [0.3, 0.4) is 0 Å². The standard InChI is InChI=1S/C18H15IN2O3/c1-23-15-8-7-12-14-9-13(10-3-5-11(19)6-4-10)20-21(14)18(22)16(12)17(15)24-2/h3-8,14H,9H2,1-2H3/t14-/m0/s1. The number of carbonyl (C=O) groups excluding carboxylic acids is 1. The van der Waals surface area contributed by atoms with E-state index in [1.54, 1.807) is 19.2 Å². The second kappa shape index (κ2) is 5.77. The number of nitrogens with zero attached hydrogens (tertiary/aromatic N) is 2. The number of amides is 1. The SMILES string of the molecule is COc1ccc2c(c1OC)C(=O)N1N=C(c3ccc(I)cc3)C[C@@H]21. The van der Waals surface area contributed by atoms with E-state index in [1.165, 1.54) is 3.57 Å². The van der Waals surface area contributed by atoms with Crippen LogP contribution in [0.15, 0.2) is 41.5 Å². The van der Waals surface area contributed by atoms with Crippen molar-refractivity contribution in [1.29, 1.82) is 0 Å². The summed E-state index contributed by atoms with van der Waals surface area (Å²) in [5.74, 6) is 0.916. The summed E-state index contributed by atoms with van der Waals surface area (Å²) < 4.78 is 11.9. The molecule has 2 aliphatic rings. The summed E-state index contributed by atoms with van der Waals surface area (Å²) in [6, 6.07) is 11.9. The minimum absolute atomic E-state index is 0.0680. The van der Waals surface area contributed by atoms with Crippen molar-refractivity contribution in [3.63, 3.8) is 0 Å². The van der Waals surface area contributed by atoms with Gasteiger partial charge in [-0.05, 0) is 51.9 Å². The highest BCUT2D eigenvalue weighted by Gasteiger charge is 2.44. The fourth-order valence-electron chi connectivity index (χ4n) is 3.31. The molecule has 0 radical (unpaired) electrons. The molecule has 0 aromatic heterocycles. The second-order valence-electron chi connectivity index (χ2n) is 5.69. The first-order valence-electron chi connectivity index (χ1n) is 7.56. The Morgan fingerprint density at radius 1 is 1.12 bits per heavy atom. The Morgan fingerprint density at radius 2 is 1.88 bits per heavy atom. The summed E-state index contributed by atoms with van der Waals surface area (Å²) in [5.41, 5.74) is 3.50. The zero-order chi connectivity index (χ0) is 16.8. The fraction of sp³-hybridized carbons (Fsp3) is 0.222. The zero-order valence-electron chi connectivity index (χ0n) is 13.2. The summed E-state index contributed by atoms with van der Waals surface area (Å²) in [5, 5.41) is 6.15. The molecule has 0 saturated heterocycles. The Hall–Kier alpha value is -2.09. The molecule has 2 aromatic rings. The molecule has 1 amide bonds. The van der Waals surface area contributed by atoms with Crippen molar-refractivity contribution in [3.8, 4) is 11.5 Å². The number of hydrazone groups is 1. The molecule has 24 heavy (non-hydrogen) atoms. The smallest absolute Gasteiger partial charge is 0.278 e. The Bertz CT molecular complexity index is 861. The van der Waals surface area contributed by atoms with Crippen LogP contribution in [0.4, 0.5) is 0 Å². The Balaban J connectivity index is 1.74. The third-order valence-corrected chi connectivity index (χ3v) is 5.17. The number of hydrogen-bond donors (Lipinski definition) is 0. The van der Waals surface area contributed by atoms with Gasteiger partial charge in [0.2, 0.25) is 0 Å². The third kappa shape index (κ3) is 2.20. The van der Waals surface area contributed by atoms with E-state index in [0.29, 0.717) is 23.5 Å². The van der Waals surface area contributed by atoms with Crippen molar-refractivity contribution in [2.75, 3.05) is 14.2 Å². The lowest BCUT2D eigenvalue weighted by molar-refractivity contribution is 0.0753. The minimum atomic E-state index is -0.133. The molecular formula is C18H15IN2O3. The lowest BCUT2D eigenvalue weighted by Gasteiger charge is -2.12. The summed E-state index contributed by atoms with van der Waals surface area (Å²) in [7, 11) is 3.12. The van der Waals surface area contributed by atoms with Crippen molar-refractivity contribution in [1.82, 2.24) is 5.01 Å². The molecule has 0 N–H and O–H groups in total. The van der Waals surface area contributed by atoms with Crippen LogP contribution in [0.1, 0.15) is 33.9 Å². The Labute approximate surface area is 153 Å². The largest absolute Gasteiger partial charge is 0.493 e. The van der Waals surface area contributed by atoms with Crippen LogP contribution in [0.2, 0.25) is 0 Å². The number of methoxy groups -OCH3 is 2. The van der Waals surface area contributed by atoms with Gasteiger partial charge in [0, 0.05) is 9.99 Å². The minimum Gasteiger partial charge on any atom is -0.493 e. The Kier molecular flexibility index (Phi) is 3.71. The van der Waals surface area contributed by atoms with Gasteiger partial charge in [0.15, 0.2) is 11.5 Å². The lowest BCUT2D eigenvalue weighted by atomic mass is 9.97. The maximum Gasteiger partial charge on any atom is 0.278 e. The number of ether oxygens (including phenoxy) is 2. The molecule has 6 heteroatoms. The van der Waals surface area contributed by atoms with E-state index >= 15 is 0 Å². The van der Waals surface area contributed by atoms with Gasteiger partial charge < -0.3 is 9.47 Å². The molecule has 2 aliphatic heterocycles. The number of benzene rings is 2. The average molecular weight is 434 g/mol. The van der Waals surface area contributed by atoms with E-state index in [2.05, 4.69) is 27.7 Å². The monoisotopic (exact) mass is 434 g/mol. The van der Waals surface area contributed by atoms with Gasteiger partial charge in [-0.25, -0.2) is 5.01 Å².